The fourth-order valence-electron chi connectivity index (χ4n) is 4.18. The van der Waals surface area contributed by atoms with Gasteiger partial charge in [0.15, 0.2) is 5.96 Å². The van der Waals surface area contributed by atoms with E-state index in [0.717, 1.165) is 49.9 Å². The summed E-state index contributed by atoms with van der Waals surface area (Å²) in [7, 11) is 0. The zero-order valence-electron chi connectivity index (χ0n) is 17.8. The molecule has 0 saturated carbocycles. The number of ether oxygens (including phenoxy) is 1. The number of aliphatic imine (C=N–C) groups is 1. The molecule has 2 aliphatic rings. The van der Waals surface area contributed by atoms with Crippen LogP contribution >= 0.6 is 0 Å². The molecule has 2 heterocycles. The summed E-state index contributed by atoms with van der Waals surface area (Å²) in [4.78, 5) is 7.14. The first-order chi connectivity index (χ1) is 14.5. The number of hydrogen-bond acceptors (Lipinski definition) is 6. The normalized spacial score (nSPS) is 22.2. The molecule has 0 bridgehead atoms. The van der Waals surface area contributed by atoms with Crippen molar-refractivity contribution in [3.05, 3.63) is 65.7 Å². The van der Waals surface area contributed by atoms with Crippen molar-refractivity contribution < 1.29 is 9.84 Å². The molecular weight excluding hydrogens is 376 g/mol. The number of nitrogens with zero attached hydrogens (tertiary/aromatic N) is 2. The summed E-state index contributed by atoms with van der Waals surface area (Å²) < 4.78 is 5.66. The fraction of sp³-hybridized carbons (Fsp3) is 0.458. The maximum Gasteiger partial charge on any atom is 0.191 e. The molecular formula is C24H32N4O2. The van der Waals surface area contributed by atoms with Crippen molar-refractivity contribution >= 4 is 5.96 Å². The lowest BCUT2D eigenvalue weighted by Crippen LogP contribution is -2.51. The van der Waals surface area contributed by atoms with E-state index in [9.17, 15) is 5.11 Å². The van der Waals surface area contributed by atoms with Crippen LogP contribution in [0.4, 0.5) is 0 Å². The van der Waals surface area contributed by atoms with Crippen LogP contribution in [0.1, 0.15) is 37.5 Å². The molecule has 1 spiro atoms. The van der Waals surface area contributed by atoms with Crippen molar-refractivity contribution in [1.29, 1.82) is 0 Å². The Hall–Kier alpha value is -2.57. The third-order valence-electron chi connectivity index (χ3n) is 5.70. The van der Waals surface area contributed by atoms with Gasteiger partial charge in [0.05, 0.1) is 24.3 Å². The van der Waals surface area contributed by atoms with Crippen molar-refractivity contribution in [3.8, 4) is 5.75 Å². The standard InChI is InChI=1S/C24H32N4O2/c1-18(2)30-21-10-8-20(9-11-21)22(29)14-25-23-26-16-24(27-23)12-13-28(17-24)15-19-6-4-3-5-7-19/h3-11,18,22,29H,12-17H2,1-2H3,(H2,25,26,27). The van der Waals surface area contributed by atoms with Crippen LogP contribution in [0.25, 0.3) is 0 Å². The minimum Gasteiger partial charge on any atom is -0.491 e. The molecule has 2 atom stereocenters. The zero-order chi connectivity index (χ0) is 21.0. The Morgan fingerprint density at radius 1 is 1.17 bits per heavy atom. The van der Waals surface area contributed by atoms with Gasteiger partial charge in [-0.1, -0.05) is 42.5 Å². The lowest BCUT2D eigenvalue weighted by molar-refractivity contribution is 0.180. The van der Waals surface area contributed by atoms with E-state index in [1.165, 1.54) is 5.56 Å². The van der Waals surface area contributed by atoms with Crippen molar-refractivity contribution in [1.82, 2.24) is 15.5 Å². The molecule has 2 aromatic carbocycles. The number of aliphatic hydroxyl groups excluding tert-OH is 1. The molecule has 0 aromatic heterocycles. The zero-order valence-corrected chi connectivity index (χ0v) is 17.8. The molecule has 0 radical (unpaired) electrons. The number of nitrogens with one attached hydrogen (secondary N) is 2. The SMILES string of the molecule is CC(C)Oc1ccc(C(O)CNC2=NCC3(CCN(Cc4ccccc4)C3)N2)cc1. The Morgan fingerprint density at radius 2 is 1.93 bits per heavy atom. The Morgan fingerprint density at radius 3 is 2.67 bits per heavy atom. The van der Waals surface area contributed by atoms with Gasteiger partial charge in [0.25, 0.3) is 0 Å². The Labute approximate surface area is 179 Å². The van der Waals surface area contributed by atoms with Gasteiger partial charge in [0, 0.05) is 26.2 Å². The van der Waals surface area contributed by atoms with E-state index in [1.54, 1.807) is 0 Å². The van der Waals surface area contributed by atoms with Gasteiger partial charge in [-0.15, -0.1) is 0 Å². The number of hydrogen-bond donors (Lipinski definition) is 3. The average Bonchev–Trinajstić information content (AvgIpc) is 3.33. The Kier molecular flexibility index (Phi) is 6.25. The summed E-state index contributed by atoms with van der Waals surface area (Å²) >= 11 is 0. The van der Waals surface area contributed by atoms with Gasteiger partial charge in [-0.25, -0.2) is 0 Å². The van der Waals surface area contributed by atoms with Crippen LogP contribution in [-0.4, -0.2) is 53.8 Å². The van der Waals surface area contributed by atoms with Gasteiger partial charge < -0.3 is 20.5 Å². The Balaban J connectivity index is 1.24. The monoisotopic (exact) mass is 408 g/mol. The predicted molar refractivity (Wildman–Crippen MR) is 120 cm³/mol. The number of likely N-dealkylation sites (tertiary alicyclic amines) is 1. The van der Waals surface area contributed by atoms with Crippen molar-refractivity contribution in [2.45, 2.75) is 44.6 Å². The van der Waals surface area contributed by atoms with E-state index in [0.29, 0.717) is 6.54 Å². The van der Waals surface area contributed by atoms with Crippen LogP contribution in [0.5, 0.6) is 5.75 Å². The summed E-state index contributed by atoms with van der Waals surface area (Å²) in [6.07, 6.45) is 0.617. The van der Waals surface area contributed by atoms with Crippen LogP contribution in [-0.2, 0) is 6.54 Å². The average molecular weight is 409 g/mol. The topological polar surface area (TPSA) is 69.1 Å². The van der Waals surface area contributed by atoms with Crippen molar-refractivity contribution in [2.24, 2.45) is 4.99 Å². The first-order valence-corrected chi connectivity index (χ1v) is 10.8. The van der Waals surface area contributed by atoms with Crippen LogP contribution in [0.2, 0.25) is 0 Å². The number of rotatable bonds is 7. The molecule has 2 aromatic rings. The molecule has 3 N–H and O–H groups in total. The van der Waals surface area contributed by atoms with E-state index in [-0.39, 0.29) is 11.6 Å². The quantitative estimate of drug-likeness (QED) is 0.657. The first-order valence-electron chi connectivity index (χ1n) is 10.8. The van der Waals surface area contributed by atoms with Gasteiger partial charge in [-0.2, -0.15) is 0 Å². The maximum atomic E-state index is 10.5. The minimum absolute atomic E-state index is 0.0118. The third kappa shape index (κ3) is 5.12. The van der Waals surface area contributed by atoms with Gasteiger partial charge in [0.1, 0.15) is 5.75 Å². The highest BCUT2D eigenvalue weighted by Gasteiger charge is 2.41. The molecule has 1 fully saturated rings. The summed E-state index contributed by atoms with van der Waals surface area (Å²) in [6, 6.07) is 18.2. The molecule has 2 aliphatic heterocycles. The second-order valence-corrected chi connectivity index (χ2v) is 8.65. The minimum atomic E-state index is -0.600. The molecule has 160 valence electrons. The second kappa shape index (κ2) is 9.06. The predicted octanol–water partition coefficient (Wildman–Crippen LogP) is 2.70. The largest absolute Gasteiger partial charge is 0.491 e. The number of aliphatic hydroxyl groups is 1. The highest BCUT2D eigenvalue weighted by atomic mass is 16.5. The lowest BCUT2D eigenvalue weighted by atomic mass is 10.0. The maximum absolute atomic E-state index is 10.5. The van der Waals surface area contributed by atoms with Gasteiger partial charge in [-0.05, 0) is 43.5 Å². The van der Waals surface area contributed by atoms with Gasteiger partial charge in [0.2, 0.25) is 0 Å². The van der Waals surface area contributed by atoms with Gasteiger partial charge >= 0.3 is 0 Å². The third-order valence-corrected chi connectivity index (χ3v) is 5.70. The van der Waals surface area contributed by atoms with Crippen molar-refractivity contribution in [3.63, 3.8) is 0 Å². The number of guanidine groups is 1. The number of benzene rings is 2. The molecule has 30 heavy (non-hydrogen) atoms. The summed E-state index contributed by atoms with van der Waals surface area (Å²) in [6.45, 7) is 8.22. The molecule has 2 unspecified atom stereocenters. The second-order valence-electron chi connectivity index (χ2n) is 8.65. The van der Waals surface area contributed by atoms with E-state index < -0.39 is 6.10 Å². The molecule has 6 heteroatoms. The molecule has 0 amide bonds. The molecule has 1 saturated heterocycles. The van der Waals surface area contributed by atoms with Crippen LogP contribution in [0.3, 0.4) is 0 Å². The van der Waals surface area contributed by atoms with Crippen LogP contribution in [0, 0.1) is 0 Å². The summed E-state index contributed by atoms with van der Waals surface area (Å²) in [5.74, 6) is 1.61. The fourth-order valence-corrected chi connectivity index (χ4v) is 4.18. The summed E-state index contributed by atoms with van der Waals surface area (Å²) in [5, 5.41) is 17.4. The van der Waals surface area contributed by atoms with Crippen LogP contribution < -0.4 is 15.4 Å². The Bertz CT molecular complexity index is 853. The van der Waals surface area contributed by atoms with Crippen LogP contribution in [0.15, 0.2) is 59.6 Å². The smallest absolute Gasteiger partial charge is 0.191 e. The van der Waals surface area contributed by atoms with Crippen molar-refractivity contribution in [2.75, 3.05) is 26.2 Å². The highest BCUT2D eigenvalue weighted by Crippen LogP contribution is 2.26. The first kappa shape index (κ1) is 20.7. The van der Waals surface area contributed by atoms with E-state index in [1.807, 2.05) is 38.1 Å². The molecule has 4 rings (SSSR count). The van der Waals surface area contributed by atoms with Gasteiger partial charge in [-0.3, -0.25) is 9.89 Å². The van der Waals surface area contributed by atoms with E-state index in [4.69, 9.17) is 4.74 Å². The molecule has 6 nitrogen and oxygen atoms in total. The van der Waals surface area contributed by atoms with E-state index in [2.05, 4.69) is 50.9 Å². The lowest BCUT2D eigenvalue weighted by Gasteiger charge is -2.25. The molecule has 0 aliphatic carbocycles. The van der Waals surface area contributed by atoms with E-state index >= 15 is 0 Å². The highest BCUT2D eigenvalue weighted by molar-refractivity contribution is 5.82. The summed E-state index contributed by atoms with van der Waals surface area (Å²) in [5.41, 5.74) is 2.22.